The molecule has 0 spiro atoms. The highest BCUT2D eigenvalue weighted by atomic mass is 16.7. The average molecular weight is 483 g/mol. The molecule has 1 amide bonds. The van der Waals surface area contributed by atoms with Crippen LogP contribution in [0.3, 0.4) is 0 Å². The van der Waals surface area contributed by atoms with E-state index in [1.807, 2.05) is 55.4 Å². The number of carbonyl (C=O) groups excluding carboxylic acids is 2. The van der Waals surface area contributed by atoms with E-state index in [2.05, 4.69) is 0 Å². The number of nitrogens with zero attached hydrogens (tertiary/aromatic N) is 2. The number of hydrogen-bond acceptors (Lipinski definition) is 5. The van der Waals surface area contributed by atoms with E-state index in [0.29, 0.717) is 25.2 Å². The summed E-state index contributed by atoms with van der Waals surface area (Å²) in [7, 11) is 1.87. The summed E-state index contributed by atoms with van der Waals surface area (Å²) < 4.78 is 13.9. The molecule has 7 heteroatoms. The van der Waals surface area contributed by atoms with Crippen molar-refractivity contribution in [3.05, 3.63) is 47.9 Å². The van der Waals surface area contributed by atoms with Crippen LogP contribution in [0.2, 0.25) is 0 Å². The number of aliphatic hydroxyl groups excluding tert-OH is 1. The Kier molecular flexibility index (Phi) is 8.29. The summed E-state index contributed by atoms with van der Waals surface area (Å²) >= 11 is 0. The van der Waals surface area contributed by atoms with Gasteiger partial charge in [-0.05, 0) is 50.3 Å². The van der Waals surface area contributed by atoms with Crippen LogP contribution in [0.4, 0.5) is 0 Å². The Morgan fingerprint density at radius 1 is 1.20 bits per heavy atom. The van der Waals surface area contributed by atoms with Crippen molar-refractivity contribution in [2.24, 2.45) is 5.92 Å². The molecule has 1 aromatic heterocycles. The zero-order valence-corrected chi connectivity index (χ0v) is 21.1. The second-order valence-electron chi connectivity index (χ2n) is 9.73. The normalized spacial score (nSPS) is 23.1. The van der Waals surface area contributed by atoms with E-state index in [9.17, 15) is 14.7 Å². The molecule has 190 valence electrons. The molecule has 1 aliphatic carbocycles. The highest BCUT2D eigenvalue weighted by Crippen LogP contribution is 2.43. The zero-order chi connectivity index (χ0) is 24.9. The monoisotopic (exact) mass is 482 g/mol. The summed E-state index contributed by atoms with van der Waals surface area (Å²) in [5.74, 6) is -0.185. The molecule has 4 rings (SSSR count). The minimum Gasteiger partial charge on any atom is -0.459 e. The van der Waals surface area contributed by atoms with Gasteiger partial charge in [0.15, 0.2) is 5.76 Å². The number of hydrogen-bond donors (Lipinski definition) is 1. The molecule has 1 N–H and O–H groups in total. The first kappa shape index (κ1) is 25.5. The minimum absolute atomic E-state index is 0.0647. The van der Waals surface area contributed by atoms with Crippen molar-refractivity contribution < 1.29 is 24.2 Å². The number of aliphatic hydroxyl groups is 1. The maximum absolute atomic E-state index is 13.6. The third-order valence-electron chi connectivity index (χ3n) is 7.51. The number of carbonyl (C=O) groups is 2. The molecule has 1 aliphatic heterocycles. The minimum atomic E-state index is -0.611. The number of para-hydroxylation sites is 1. The standard InChI is InChI=1S/C28H38N2O5/c1-4-34-28-22(14-10-16-31)23(24-18-30(19(2)32)25-15-9-8-13-21(24)25)17-26(35-28)27(33)29(3)20-11-6-5-7-12-20/h8-9,13,15,17-18,20,22-23,28,31H,4-7,10-12,14,16H2,1-3H3/t22-,23-,28+/m0/s1. The molecule has 1 aromatic carbocycles. The topological polar surface area (TPSA) is 81.0 Å². The second-order valence-corrected chi connectivity index (χ2v) is 9.73. The van der Waals surface area contributed by atoms with Gasteiger partial charge in [0.25, 0.3) is 5.91 Å². The second kappa shape index (κ2) is 11.4. The van der Waals surface area contributed by atoms with E-state index in [-0.39, 0.29) is 36.3 Å². The van der Waals surface area contributed by atoms with Gasteiger partial charge in [0.2, 0.25) is 12.2 Å². The van der Waals surface area contributed by atoms with E-state index < -0.39 is 6.29 Å². The fourth-order valence-electron chi connectivity index (χ4n) is 5.65. The van der Waals surface area contributed by atoms with E-state index in [1.54, 1.807) is 11.5 Å². The predicted molar refractivity (Wildman–Crippen MR) is 135 cm³/mol. The molecule has 1 fully saturated rings. The number of rotatable bonds is 8. The molecular formula is C28H38N2O5. The number of fused-ring (bicyclic) bond motifs is 1. The van der Waals surface area contributed by atoms with E-state index in [0.717, 1.165) is 42.1 Å². The summed E-state index contributed by atoms with van der Waals surface area (Å²) in [4.78, 5) is 27.8. The highest BCUT2D eigenvalue weighted by Gasteiger charge is 2.40. The Bertz CT molecular complexity index is 1070. The van der Waals surface area contributed by atoms with Gasteiger partial charge in [-0.3, -0.25) is 14.2 Å². The van der Waals surface area contributed by atoms with Crippen LogP contribution in [0.25, 0.3) is 10.9 Å². The zero-order valence-electron chi connectivity index (χ0n) is 21.1. The van der Waals surface area contributed by atoms with Gasteiger partial charge < -0.3 is 19.5 Å². The van der Waals surface area contributed by atoms with Crippen molar-refractivity contribution in [2.45, 2.75) is 77.0 Å². The third-order valence-corrected chi connectivity index (χ3v) is 7.51. The van der Waals surface area contributed by atoms with Crippen molar-refractivity contribution in [2.75, 3.05) is 20.3 Å². The number of likely N-dealkylation sites (N-methyl/N-ethyl adjacent to an activating group) is 1. The molecule has 1 saturated carbocycles. The lowest BCUT2D eigenvalue weighted by molar-refractivity contribution is -0.170. The fourth-order valence-corrected chi connectivity index (χ4v) is 5.65. The van der Waals surface area contributed by atoms with Crippen LogP contribution in [0, 0.1) is 5.92 Å². The van der Waals surface area contributed by atoms with Gasteiger partial charge in [-0.2, -0.15) is 0 Å². The van der Waals surface area contributed by atoms with Crippen molar-refractivity contribution in [1.82, 2.24) is 9.47 Å². The molecule has 2 aliphatic rings. The van der Waals surface area contributed by atoms with Crippen LogP contribution in [0.5, 0.6) is 0 Å². The molecule has 0 saturated heterocycles. The lowest BCUT2D eigenvalue weighted by Gasteiger charge is -2.39. The number of allylic oxidation sites excluding steroid dienone is 1. The van der Waals surface area contributed by atoms with E-state index in [4.69, 9.17) is 9.47 Å². The summed E-state index contributed by atoms with van der Waals surface area (Å²) in [6.45, 7) is 3.98. The first-order valence-electron chi connectivity index (χ1n) is 12.9. The lowest BCUT2D eigenvalue weighted by Crippen LogP contribution is -2.43. The van der Waals surface area contributed by atoms with Crippen molar-refractivity contribution in [3.8, 4) is 0 Å². The summed E-state index contributed by atoms with van der Waals surface area (Å²) in [6.07, 6.45) is 9.99. The summed E-state index contributed by atoms with van der Waals surface area (Å²) in [5.41, 5.74) is 1.81. The quantitative estimate of drug-likeness (QED) is 0.582. The molecule has 0 bridgehead atoms. The van der Waals surface area contributed by atoms with Gasteiger partial charge in [0, 0.05) is 56.6 Å². The highest BCUT2D eigenvalue weighted by molar-refractivity contribution is 5.95. The summed E-state index contributed by atoms with van der Waals surface area (Å²) in [5, 5.41) is 10.5. The summed E-state index contributed by atoms with van der Waals surface area (Å²) in [6, 6.07) is 8.06. The van der Waals surface area contributed by atoms with Gasteiger partial charge >= 0.3 is 0 Å². The van der Waals surface area contributed by atoms with E-state index in [1.165, 1.54) is 6.42 Å². The maximum atomic E-state index is 13.6. The Morgan fingerprint density at radius 2 is 1.94 bits per heavy atom. The molecule has 35 heavy (non-hydrogen) atoms. The molecule has 2 aromatic rings. The van der Waals surface area contributed by atoms with Crippen LogP contribution in [-0.2, 0) is 14.3 Å². The maximum Gasteiger partial charge on any atom is 0.288 e. The predicted octanol–water partition coefficient (Wildman–Crippen LogP) is 4.84. The molecule has 2 heterocycles. The van der Waals surface area contributed by atoms with Gasteiger partial charge in [0.1, 0.15) is 0 Å². The van der Waals surface area contributed by atoms with E-state index >= 15 is 0 Å². The average Bonchev–Trinajstić information content (AvgIpc) is 3.27. The Labute approximate surface area is 207 Å². The van der Waals surface area contributed by atoms with Gasteiger partial charge in [-0.25, -0.2) is 0 Å². The van der Waals surface area contributed by atoms with Gasteiger partial charge in [-0.1, -0.05) is 37.5 Å². The SMILES string of the molecule is CCO[C@@H]1OC(C(=O)N(C)C2CCCCC2)=C[C@H](c2cn(C(C)=O)c3ccccc23)[C@@H]1CCCO. The molecular weight excluding hydrogens is 444 g/mol. The fraction of sp³-hybridized carbons (Fsp3) is 0.571. The number of ether oxygens (including phenoxy) is 2. The van der Waals surface area contributed by atoms with Crippen molar-refractivity contribution in [3.63, 3.8) is 0 Å². The molecule has 7 nitrogen and oxygen atoms in total. The van der Waals surface area contributed by atoms with Crippen molar-refractivity contribution in [1.29, 1.82) is 0 Å². The Morgan fingerprint density at radius 3 is 2.63 bits per heavy atom. The Balaban J connectivity index is 1.78. The Hall–Kier alpha value is -2.64. The number of amides is 1. The lowest BCUT2D eigenvalue weighted by atomic mass is 9.80. The largest absolute Gasteiger partial charge is 0.459 e. The first-order chi connectivity index (χ1) is 17.0. The molecule has 0 unspecified atom stereocenters. The molecule has 3 atom stereocenters. The first-order valence-corrected chi connectivity index (χ1v) is 12.9. The molecule has 0 radical (unpaired) electrons. The van der Waals surface area contributed by atoms with Gasteiger partial charge in [0.05, 0.1) is 5.52 Å². The third kappa shape index (κ3) is 5.31. The van der Waals surface area contributed by atoms with Crippen LogP contribution >= 0.6 is 0 Å². The van der Waals surface area contributed by atoms with Crippen LogP contribution < -0.4 is 0 Å². The van der Waals surface area contributed by atoms with Crippen LogP contribution in [0.15, 0.2) is 42.3 Å². The smallest absolute Gasteiger partial charge is 0.288 e. The van der Waals surface area contributed by atoms with Crippen molar-refractivity contribution >= 4 is 22.7 Å². The van der Waals surface area contributed by atoms with Crippen LogP contribution in [-0.4, -0.2) is 59.0 Å². The number of aromatic nitrogens is 1. The number of benzene rings is 1. The van der Waals surface area contributed by atoms with Gasteiger partial charge in [-0.15, -0.1) is 0 Å². The van der Waals surface area contributed by atoms with Crippen LogP contribution in [0.1, 0.15) is 75.1 Å².